The lowest BCUT2D eigenvalue weighted by Gasteiger charge is -2.43. The normalized spacial score (nSPS) is 23.1. The fourth-order valence-electron chi connectivity index (χ4n) is 4.70. The van der Waals surface area contributed by atoms with Gasteiger partial charge >= 0.3 is 12.2 Å². The number of ether oxygens (including phenoxy) is 2. The van der Waals surface area contributed by atoms with E-state index < -0.39 is 11.7 Å². The number of halogens is 3. The average molecular weight is 454 g/mol. The standard InChI is InChI=1S/C22H29F3N4O3/c1-3-32-15-21-13-28(20(30)27-7-9-31-2)8-6-17(21)12-29(14-21)18-5-4-16(11-26)19(10-18)22(23,24)25/h4-5,10,17H,3,6-9,12-15H2,1-2H3,(H,27,30)/t17-,21+/m0/s1. The van der Waals surface area contributed by atoms with Crippen LogP contribution in [0.25, 0.3) is 0 Å². The number of carbonyl (C=O) groups is 1. The van der Waals surface area contributed by atoms with Crippen molar-refractivity contribution in [3.63, 3.8) is 0 Å². The highest BCUT2D eigenvalue weighted by Gasteiger charge is 2.51. The number of hydrogen-bond donors (Lipinski definition) is 1. The number of likely N-dealkylation sites (tertiary alicyclic amines) is 1. The monoisotopic (exact) mass is 454 g/mol. The maximum absolute atomic E-state index is 13.5. The second-order valence-electron chi connectivity index (χ2n) is 8.35. The Morgan fingerprint density at radius 3 is 2.81 bits per heavy atom. The zero-order valence-electron chi connectivity index (χ0n) is 18.4. The Kier molecular flexibility index (Phi) is 7.51. The van der Waals surface area contributed by atoms with Gasteiger partial charge in [-0.3, -0.25) is 0 Å². The van der Waals surface area contributed by atoms with Crippen LogP contribution in [0.15, 0.2) is 18.2 Å². The summed E-state index contributed by atoms with van der Waals surface area (Å²) in [5, 5.41) is 11.9. The third-order valence-corrected chi connectivity index (χ3v) is 6.32. The molecule has 32 heavy (non-hydrogen) atoms. The molecule has 1 N–H and O–H groups in total. The van der Waals surface area contributed by atoms with Crippen LogP contribution in [0, 0.1) is 22.7 Å². The molecule has 0 aromatic heterocycles. The summed E-state index contributed by atoms with van der Waals surface area (Å²) in [4.78, 5) is 16.3. The lowest BCUT2D eigenvalue weighted by molar-refractivity contribution is -0.137. The van der Waals surface area contributed by atoms with Gasteiger partial charge in [0.1, 0.15) is 0 Å². The summed E-state index contributed by atoms with van der Waals surface area (Å²) in [6.45, 7) is 5.76. The maximum Gasteiger partial charge on any atom is 0.417 e. The smallest absolute Gasteiger partial charge is 0.383 e. The molecule has 2 amide bonds. The van der Waals surface area contributed by atoms with Gasteiger partial charge in [-0.25, -0.2) is 4.79 Å². The van der Waals surface area contributed by atoms with Crippen molar-refractivity contribution in [2.45, 2.75) is 19.5 Å². The molecule has 176 valence electrons. The summed E-state index contributed by atoms with van der Waals surface area (Å²) >= 11 is 0. The third kappa shape index (κ3) is 5.10. The highest BCUT2D eigenvalue weighted by atomic mass is 19.4. The molecule has 1 aromatic carbocycles. The minimum Gasteiger partial charge on any atom is -0.383 e. The number of nitrogens with zero attached hydrogens (tertiary/aromatic N) is 3. The van der Waals surface area contributed by atoms with Crippen molar-refractivity contribution >= 4 is 11.7 Å². The molecule has 0 spiro atoms. The molecule has 0 aliphatic carbocycles. The number of anilines is 1. The van der Waals surface area contributed by atoms with Crippen LogP contribution in [0.2, 0.25) is 0 Å². The van der Waals surface area contributed by atoms with Crippen LogP contribution in [-0.4, -0.2) is 70.6 Å². The van der Waals surface area contributed by atoms with Gasteiger partial charge in [0.15, 0.2) is 0 Å². The minimum atomic E-state index is -4.60. The molecule has 0 saturated carbocycles. The summed E-state index contributed by atoms with van der Waals surface area (Å²) in [6.07, 6.45) is -3.86. The second kappa shape index (κ2) is 9.96. The highest BCUT2D eigenvalue weighted by molar-refractivity contribution is 5.74. The van der Waals surface area contributed by atoms with Gasteiger partial charge in [0.2, 0.25) is 0 Å². The van der Waals surface area contributed by atoms with E-state index in [2.05, 4.69) is 5.32 Å². The summed E-state index contributed by atoms with van der Waals surface area (Å²) in [7, 11) is 1.56. The number of piperidine rings is 1. The minimum absolute atomic E-state index is 0.174. The van der Waals surface area contributed by atoms with Crippen molar-refractivity contribution in [3.8, 4) is 6.07 Å². The molecule has 2 heterocycles. The average Bonchev–Trinajstić information content (AvgIpc) is 3.15. The maximum atomic E-state index is 13.5. The van der Waals surface area contributed by atoms with Crippen LogP contribution in [0.1, 0.15) is 24.5 Å². The zero-order valence-corrected chi connectivity index (χ0v) is 18.4. The van der Waals surface area contributed by atoms with Crippen molar-refractivity contribution in [2.24, 2.45) is 11.3 Å². The first-order valence-electron chi connectivity index (χ1n) is 10.7. The van der Waals surface area contributed by atoms with Crippen molar-refractivity contribution in [1.82, 2.24) is 10.2 Å². The number of fused-ring (bicyclic) bond motifs is 1. The Morgan fingerprint density at radius 2 is 2.16 bits per heavy atom. The predicted molar refractivity (Wildman–Crippen MR) is 112 cm³/mol. The number of rotatable bonds is 7. The van der Waals surface area contributed by atoms with Crippen LogP contribution >= 0.6 is 0 Å². The first kappa shape index (κ1) is 24.1. The quantitative estimate of drug-likeness (QED) is 0.641. The van der Waals surface area contributed by atoms with E-state index in [4.69, 9.17) is 14.7 Å². The van der Waals surface area contributed by atoms with E-state index in [9.17, 15) is 18.0 Å². The van der Waals surface area contributed by atoms with Gasteiger partial charge in [0, 0.05) is 57.5 Å². The molecular formula is C22H29F3N4O3. The van der Waals surface area contributed by atoms with E-state index in [0.29, 0.717) is 58.2 Å². The van der Waals surface area contributed by atoms with Gasteiger partial charge < -0.3 is 24.6 Å². The number of nitrogens with one attached hydrogen (secondary N) is 1. The number of carbonyl (C=O) groups excluding carboxylic acids is 1. The Hall–Kier alpha value is -2.51. The highest BCUT2D eigenvalue weighted by Crippen LogP contribution is 2.45. The van der Waals surface area contributed by atoms with Crippen molar-refractivity contribution < 1.29 is 27.4 Å². The number of hydrogen-bond acceptors (Lipinski definition) is 5. The lowest BCUT2D eigenvalue weighted by Crippen LogP contribution is -2.55. The SMILES string of the molecule is CCOC[C@]12CN(C(=O)NCCOC)CC[C@H]1CN(c1ccc(C#N)c(C(F)(F)F)c1)C2. The van der Waals surface area contributed by atoms with E-state index in [1.54, 1.807) is 24.1 Å². The van der Waals surface area contributed by atoms with E-state index in [1.165, 1.54) is 6.07 Å². The van der Waals surface area contributed by atoms with Crippen LogP contribution in [0.4, 0.5) is 23.7 Å². The van der Waals surface area contributed by atoms with E-state index in [0.717, 1.165) is 12.5 Å². The Balaban J connectivity index is 1.82. The second-order valence-corrected chi connectivity index (χ2v) is 8.35. The van der Waals surface area contributed by atoms with Gasteiger partial charge in [-0.15, -0.1) is 0 Å². The molecule has 0 radical (unpaired) electrons. The molecule has 1 aromatic rings. The van der Waals surface area contributed by atoms with Crippen molar-refractivity contribution in [1.29, 1.82) is 5.26 Å². The lowest BCUT2D eigenvalue weighted by atomic mass is 9.74. The molecule has 2 aliphatic heterocycles. The topological polar surface area (TPSA) is 77.8 Å². The fraction of sp³-hybridized carbons (Fsp3) is 0.636. The van der Waals surface area contributed by atoms with Crippen molar-refractivity contribution in [2.75, 3.05) is 64.6 Å². The summed E-state index contributed by atoms with van der Waals surface area (Å²) in [5.74, 6) is 0.182. The summed E-state index contributed by atoms with van der Waals surface area (Å²) in [6, 6.07) is 5.30. The number of urea groups is 1. The number of methoxy groups -OCH3 is 1. The van der Waals surface area contributed by atoms with E-state index >= 15 is 0 Å². The molecule has 10 heteroatoms. The Labute approximate surface area is 186 Å². The van der Waals surface area contributed by atoms with E-state index in [1.807, 2.05) is 11.8 Å². The van der Waals surface area contributed by atoms with Crippen LogP contribution in [-0.2, 0) is 15.7 Å². The van der Waals surface area contributed by atoms with Crippen LogP contribution < -0.4 is 10.2 Å². The molecule has 7 nitrogen and oxygen atoms in total. The predicted octanol–water partition coefficient (Wildman–Crippen LogP) is 3.10. The molecule has 2 fully saturated rings. The van der Waals surface area contributed by atoms with Gasteiger partial charge in [-0.05, 0) is 37.5 Å². The van der Waals surface area contributed by atoms with Crippen molar-refractivity contribution in [3.05, 3.63) is 29.3 Å². The Bertz CT molecular complexity index is 858. The summed E-state index contributed by atoms with van der Waals surface area (Å²) < 4.78 is 51.1. The van der Waals surface area contributed by atoms with Crippen LogP contribution in [0.5, 0.6) is 0 Å². The van der Waals surface area contributed by atoms with Gasteiger partial charge in [0.25, 0.3) is 0 Å². The first-order chi connectivity index (χ1) is 15.2. The number of benzene rings is 1. The molecular weight excluding hydrogens is 425 g/mol. The van der Waals surface area contributed by atoms with Crippen LogP contribution in [0.3, 0.4) is 0 Å². The van der Waals surface area contributed by atoms with Gasteiger partial charge in [-0.1, -0.05) is 0 Å². The molecule has 2 aliphatic rings. The zero-order chi connectivity index (χ0) is 23.4. The number of nitriles is 1. The molecule has 0 unspecified atom stereocenters. The Morgan fingerprint density at radius 1 is 1.38 bits per heavy atom. The number of amides is 2. The molecule has 3 rings (SSSR count). The fourth-order valence-corrected chi connectivity index (χ4v) is 4.70. The number of alkyl halides is 3. The van der Waals surface area contributed by atoms with Gasteiger partial charge in [0.05, 0.1) is 30.4 Å². The van der Waals surface area contributed by atoms with Gasteiger partial charge in [-0.2, -0.15) is 18.4 Å². The first-order valence-corrected chi connectivity index (χ1v) is 10.7. The molecule has 0 bridgehead atoms. The molecule has 2 saturated heterocycles. The largest absolute Gasteiger partial charge is 0.417 e. The summed E-state index contributed by atoms with van der Waals surface area (Å²) in [5.41, 5.74) is -1.26. The van der Waals surface area contributed by atoms with E-state index in [-0.39, 0.29) is 22.9 Å². The third-order valence-electron chi connectivity index (χ3n) is 6.32. The molecule has 2 atom stereocenters.